The molecule has 0 bridgehead atoms. The van der Waals surface area contributed by atoms with Gasteiger partial charge in [-0.1, -0.05) is 6.92 Å². The van der Waals surface area contributed by atoms with Crippen molar-refractivity contribution in [1.82, 2.24) is 4.90 Å². The molecule has 5 nitrogen and oxygen atoms in total. The van der Waals surface area contributed by atoms with E-state index in [-0.39, 0.29) is 16.3 Å². The molecule has 0 aromatic heterocycles. The van der Waals surface area contributed by atoms with Gasteiger partial charge in [-0.25, -0.2) is 13.6 Å². The van der Waals surface area contributed by atoms with Gasteiger partial charge in [0.25, 0.3) is 5.91 Å². The third-order valence-electron chi connectivity index (χ3n) is 3.56. The van der Waals surface area contributed by atoms with Gasteiger partial charge in [0, 0.05) is 22.6 Å². The van der Waals surface area contributed by atoms with Crippen LogP contribution in [0.5, 0.6) is 0 Å². The molecule has 0 saturated carbocycles. The fourth-order valence-corrected chi connectivity index (χ4v) is 3.11. The maximum atomic E-state index is 12.4. The first kappa shape index (κ1) is 17.1. The van der Waals surface area contributed by atoms with Crippen LogP contribution in [0.4, 0.5) is 0 Å². The number of sulfonamides is 1. The predicted molar refractivity (Wildman–Crippen MR) is 82.0 cm³/mol. The first-order valence-electron chi connectivity index (χ1n) is 6.11. The van der Waals surface area contributed by atoms with Crippen LogP contribution in [0.15, 0.2) is 27.6 Å². The molecule has 20 heavy (non-hydrogen) atoms. The Bertz CT molecular complexity index is 627. The van der Waals surface area contributed by atoms with E-state index in [9.17, 15) is 13.2 Å². The van der Waals surface area contributed by atoms with Gasteiger partial charge in [-0.05, 0) is 54.4 Å². The topological polar surface area (TPSA) is 80.5 Å². The number of amides is 1. The van der Waals surface area contributed by atoms with E-state index in [0.717, 1.165) is 6.42 Å². The van der Waals surface area contributed by atoms with Crippen LogP contribution in [-0.2, 0) is 10.0 Å². The van der Waals surface area contributed by atoms with Crippen molar-refractivity contribution in [2.75, 3.05) is 7.05 Å². The minimum absolute atomic E-state index is 0.0916. The van der Waals surface area contributed by atoms with E-state index in [4.69, 9.17) is 5.14 Å². The lowest BCUT2D eigenvalue weighted by Gasteiger charge is -2.35. The summed E-state index contributed by atoms with van der Waals surface area (Å²) in [6.07, 6.45) is 0.786. The molecule has 0 fully saturated rings. The van der Waals surface area contributed by atoms with Crippen molar-refractivity contribution in [2.24, 2.45) is 5.14 Å². The highest BCUT2D eigenvalue weighted by molar-refractivity contribution is 9.10. The third-order valence-corrected chi connectivity index (χ3v) is 5.47. The van der Waals surface area contributed by atoms with Gasteiger partial charge in [-0.2, -0.15) is 0 Å². The lowest BCUT2D eigenvalue weighted by Crippen LogP contribution is -2.44. The van der Waals surface area contributed by atoms with Gasteiger partial charge in [0.05, 0.1) is 4.90 Å². The molecule has 0 radical (unpaired) electrons. The van der Waals surface area contributed by atoms with Crippen molar-refractivity contribution in [3.8, 4) is 0 Å². The van der Waals surface area contributed by atoms with Crippen molar-refractivity contribution in [3.63, 3.8) is 0 Å². The van der Waals surface area contributed by atoms with E-state index in [2.05, 4.69) is 15.9 Å². The second kappa shape index (κ2) is 5.83. The second-order valence-corrected chi connectivity index (χ2v) is 7.60. The van der Waals surface area contributed by atoms with Gasteiger partial charge in [0.2, 0.25) is 10.0 Å². The van der Waals surface area contributed by atoms with Gasteiger partial charge < -0.3 is 4.90 Å². The van der Waals surface area contributed by atoms with E-state index in [0.29, 0.717) is 10.0 Å². The molecule has 0 heterocycles. The zero-order chi connectivity index (χ0) is 15.7. The Kier molecular flexibility index (Phi) is 4.99. The molecule has 1 aromatic rings. The Balaban J connectivity index is 3.26. The summed E-state index contributed by atoms with van der Waals surface area (Å²) in [6, 6.07) is 4.38. The molecular formula is C13H19BrN2O3S. The number of primary sulfonamides is 1. The molecule has 0 aliphatic carbocycles. The van der Waals surface area contributed by atoms with Crippen molar-refractivity contribution in [3.05, 3.63) is 28.2 Å². The molecule has 0 atom stereocenters. The van der Waals surface area contributed by atoms with Crippen molar-refractivity contribution >= 4 is 31.9 Å². The normalized spacial score (nSPS) is 12.3. The van der Waals surface area contributed by atoms with Gasteiger partial charge in [0.1, 0.15) is 0 Å². The van der Waals surface area contributed by atoms with Crippen molar-refractivity contribution in [2.45, 2.75) is 37.6 Å². The molecular weight excluding hydrogens is 344 g/mol. The van der Waals surface area contributed by atoms with Crippen LogP contribution in [0.3, 0.4) is 0 Å². The number of benzene rings is 1. The van der Waals surface area contributed by atoms with Gasteiger partial charge in [-0.15, -0.1) is 0 Å². The Morgan fingerprint density at radius 3 is 2.40 bits per heavy atom. The van der Waals surface area contributed by atoms with Crippen molar-refractivity contribution < 1.29 is 13.2 Å². The summed E-state index contributed by atoms with van der Waals surface area (Å²) in [4.78, 5) is 13.9. The van der Waals surface area contributed by atoms with E-state index < -0.39 is 10.0 Å². The maximum absolute atomic E-state index is 12.4. The SMILES string of the molecule is CCC(C)(C)N(C)C(=O)c1ccc(Br)c(S(N)(=O)=O)c1. The molecule has 0 spiro atoms. The fourth-order valence-electron chi connectivity index (χ4n) is 1.56. The molecule has 0 aliphatic rings. The molecule has 0 unspecified atom stereocenters. The van der Waals surface area contributed by atoms with Gasteiger partial charge in [0.15, 0.2) is 0 Å². The van der Waals surface area contributed by atoms with Crippen LogP contribution in [0.25, 0.3) is 0 Å². The highest BCUT2D eigenvalue weighted by Crippen LogP contribution is 2.25. The highest BCUT2D eigenvalue weighted by atomic mass is 79.9. The minimum atomic E-state index is -3.87. The summed E-state index contributed by atoms with van der Waals surface area (Å²) in [5.74, 6) is -0.241. The molecule has 7 heteroatoms. The molecule has 1 aromatic carbocycles. The van der Waals surface area contributed by atoms with Gasteiger partial charge in [-0.3, -0.25) is 4.79 Å². The lowest BCUT2D eigenvalue weighted by atomic mass is 9.99. The monoisotopic (exact) mass is 362 g/mol. The van der Waals surface area contributed by atoms with Crippen LogP contribution in [0, 0.1) is 0 Å². The molecule has 0 saturated heterocycles. The van der Waals surface area contributed by atoms with Crippen LogP contribution in [0.2, 0.25) is 0 Å². The minimum Gasteiger partial charge on any atom is -0.337 e. The smallest absolute Gasteiger partial charge is 0.254 e. The maximum Gasteiger partial charge on any atom is 0.254 e. The number of carbonyl (C=O) groups is 1. The summed E-state index contributed by atoms with van der Waals surface area (Å²) in [5.41, 5.74) is -0.0208. The molecule has 112 valence electrons. The Morgan fingerprint density at radius 2 is 1.95 bits per heavy atom. The summed E-state index contributed by atoms with van der Waals surface area (Å²) >= 11 is 3.12. The number of hydrogen-bond acceptors (Lipinski definition) is 3. The number of nitrogens with two attached hydrogens (primary N) is 1. The average molecular weight is 363 g/mol. The van der Waals surface area contributed by atoms with Crippen molar-refractivity contribution in [1.29, 1.82) is 0 Å². The highest BCUT2D eigenvalue weighted by Gasteiger charge is 2.27. The zero-order valence-corrected chi connectivity index (χ0v) is 14.4. The van der Waals surface area contributed by atoms with E-state index >= 15 is 0 Å². The summed E-state index contributed by atoms with van der Waals surface area (Å²) in [6.45, 7) is 5.88. The number of carbonyl (C=O) groups excluding carboxylic acids is 1. The predicted octanol–water partition coefficient (Wildman–Crippen LogP) is 2.36. The first-order chi connectivity index (χ1) is 9.00. The van der Waals surface area contributed by atoms with Crippen LogP contribution in [0.1, 0.15) is 37.6 Å². The lowest BCUT2D eigenvalue weighted by molar-refractivity contribution is 0.0620. The first-order valence-corrected chi connectivity index (χ1v) is 8.45. The Morgan fingerprint density at radius 1 is 1.40 bits per heavy atom. The standard InChI is InChI=1S/C13H19BrN2O3S/c1-5-13(2,3)16(4)12(17)9-6-7-10(14)11(8-9)20(15,18)19/h6-8H,5H2,1-4H3,(H2,15,18,19). The molecule has 0 aliphatic heterocycles. The molecule has 1 rings (SSSR count). The van der Waals surface area contributed by atoms with Crippen LogP contribution >= 0.6 is 15.9 Å². The number of hydrogen-bond donors (Lipinski definition) is 1. The summed E-state index contributed by atoms with van der Waals surface area (Å²) < 4.78 is 23.3. The Labute approximate surface area is 128 Å². The average Bonchev–Trinajstić information content (AvgIpc) is 2.36. The van der Waals surface area contributed by atoms with E-state index in [1.165, 1.54) is 12.1 Å². The fraction of sp³-hybridized carbons (Fsp3) is 0.462. The third kappa shape index (κ3) is 3.59. The summed E-state index contributed by atoms with van der Waals surface area (Å²) in [5, 5.41) is 5.13. The second-order valence-electron chi connectivity index (χ2n) is 5.22. The van der Waals surface area contributed by atoms with Crippen LogP contribution < -0.4 is 5.14 Å². The number of nitrogens with zero attached hydrogens (tertiary/aromatic N) is 1. The largest absolute Gasteiger partial charge is 0.337 e. The summed E-state index contributed by atoms with van der Waals surface area (Å²) in [7, 11) is -2.17. The number of halogens is 1. The quantitative estimate of drug-likeness (QED) is 0.892. The molecule has 1 amide bonds. The van der Waals surface area contributed by atoms with E-state index in [1.807, 2.05) is 20.8 Å². The Hall–Kier alpha value is -0.920. The molecule has 2 N–H and O–H groups in total. The van der Waals surface area contributed by atoms with Gasteiger partial charge >= 0.3 is 0 Å². The zero-order valence-electron chi connectivity index (χ0n) is 12.0. The van der Waals surface area contributed by atoms with E-state index in [1.54, 1.807) is 18.0 Å². The number of rotatable bonds is 4. The van der Waals surface area contributed by atoms with Crippen LogP contribution in [-0.4, -0.2) is 31.8 Å².